The zero-order valence-electron chi connectivity index (χ0n) is 22.1. The van der Waals surface area contributed by atoms with Gasteiger partial charge in [0.1, 0.15) is 18.7 Å². The normalized spacial score (nSPS) is 13.6. The number of aryl methyl sites for hydroxylation is 2. The van der Waals surface area contributed by atoms with Crippen molar-refractivity contribution in [2.24, 2.45) is 0 Å². The molecule has 204 valence electrons. The zero-order valence-corrected chi connectivity index (χ0v) is 26.9. The Balaban J connectivity index is 0.000000360. The summed E-state index contributed by atoms with van der Waals surface area (Å²) in [6.07, 6.45) is 12.7. The van der Waals surface area contributed by atoms with Gasteiger partial charge in [-0.2, -0.15) is 0 Å². The number of unbranched alkanes of at least 4 members (excludes halogenated alkanes) is 2. The molecule has 0 fully saturated rings. The number of nitrogens with zero attached hydrogens (tertiary/aromatic N) is 4. The standard InChI is InChI=1S/2C12H20BrN3OS/c2*1-12(2,3)18(17)15-7-5-4-6-10-8-14-9-11(13)16-10/h2*8-9,15H,4-7H2,1-3H3. The molecule has 2 N–H and O–H groups in total. The van der Waals surface area contributed by atoms with Crippen LogP contribution in [-0.2, 0) is 35.6 Å². The van der Waals surface area contributed by atoms with Crippen molar-refractivity contribution < 1.29 is 9.11 Å². The third kappa shape index (κ3) is 15.8. The van der Waals surface area contributed by atoms with Crippen LogP contribution >= 0.6 is 31.9 Å². The summed E-state index contributed by atoms with van der Waals surface area (Å²) in [5.74, 6) is 0. The molecule has 0 saturated carbocycles. The molecule has 0 aliphatic rings. The van der Waals surface area contributed by atoms with E-state index in [1.165, 1.54) is 0 Å². The number of hydrogen-bond acceptors (Lipinski definition) is 8. The van der Waals surface area contributed by atoms with Gasteiger partial charge in [0, 0.05) is 48.2 Å². The van der Waals surface area contributed by atoms with E-state index in [-0.39, 0.29) is 9.49 Å². The Bertz CT molecular complexity index is 813. The largest absolute Gasteiger partial charge is 0.598 e. The summed E-state index contributed by atoms with van der Waals surface area (Å²) in [4.78, 5) is 16.8. The molecule has 12 heteroatoms. The van der Waals surface area contributed by atoms with Gasteiger partial charge < -0.3 is 9.11 Å². The molecule has 0 aliphatic carbocycles. The monoisotopic (exact) mass is 666 g/mol. The highest BCUT2D eigenvalue weighted by atomic mass is 79.9. The fraction of sp³-hybridized carbons (Fsp3) is 0.667. The molecule has 2 aromatic rings. The Kier molecular flexibility index (Phi) is 16.2. The van der Waals surface area contributed by atoms with Crippen LogP contribution in [0.4, 0.5) is 0 Å². The molecule has 0 spiro atoms. The predicted molar refractivity (Wildman–Crippen MR) is 157 cm³/mol. The van der Waals surface area contributed by atoms with Crippen molar-refractivity contribution in [3.63, 3.8) is 0 Å². The minimum Gasteiger partial charge on any atom is -0.598 e. The van der Waals surface area contributed by atoms with Gasteiger partial charge in [-0.25, -0.2) is 9.97 Å². The summed E-state index contributed by atoms with van der Waals surface area (Å²) in [6, 6.07) is 0. The molecule has 0 aliphatic heterocycles. The molecule has 0 saturated heterocycles. The lowest BCUT2D eigenvalue weighted by atomic mass is 10.2. The second-order valence-corrected chi connectivity index (χ2v) is 15.9. The molecule has 8 nitrogen and oxygen atoms in total. The smallest absolute Gasteiger partial charge is 0.136 e. The summed E-state index contributed by atoms with van der Waals surface area (Å²) in [6.45, 7) is 13.3. The van der Waals surface area contributed by atoms with Gasteiger partial charge in [0.25, 0.3) is 0 Å². The van der Waals surface area contributed by atoms with Gasteiger partial charge in [0.2, 0.25) is 0 Å². The number of nitrogens with one attached hydrogen (secondary N) is 2. The Morgan fingerprint density at radius 2 is 1.03 bits per heavy atom. The topological polar surface area (TPSA) is 122 Å². The minimum atomic E-state index is -0.974. The zero-order chi connectivity index (χ0) is 27.2. The van der Waals surface area contributed by atoms with Crippen LogP contribution < -0.4 is 9.44 Å². The third-order valence-corrected chi connectivity index (χ3v) is 8.53. The molecule has 0 radical (unpaired) electrons. The summed E-state index contributed by atoms with van der Waals surface area (Å²) in [5.41, 5.74) is 1.97. The Hall–Kier alpha value is -0.340. The first-order valence-electron chi connectivity index (χ1n) is 12.0. The van der Waals surface area contributed by atoms with E-state index >= 15 is 0 Å². The van der Waals surface area contributed by atoms with E-state index in [0.29, 0.717) is 0 Å². The summed E-state index contributed by atoms with van der Waals surface area (Å²) in [7, 11) is 0. The minimum absolute atomic E-state index is 0.199. The van der Waals surface area contributed by atoms with Gasteiger partial charge in [0.05, 0.1) is 23.8 Å². The highest BCUT2D eigenvalue weighted by Gasteiger charge is 2.26. The average molecular weight is 669 g/mol. The van der Waals surface area contributed by atoms with Crippen LogP contribution in [-0.4, -0.2) is 51.6 Å². The average Bonchev–Trinajstić information content (AvgIpc) is 2.77. The Morgan fingerprint density at radius 3 is 1.33 bits per heavy atom. The number of rotatable bonds is 12. The molecule has 0 bridgehead atoms. The van der Waals surface area contributed by atoms with E-state index in [1.54, 1.807) is 24.8 Å². The molecule has 2 unspecified atom stereocenters. The van der Waals surface area contributed by atoms with Crippen LogP contribution in [0.2, 0.25) is 0 Å². The maximum atomic E-state index is 11.7. The molecule has 0 amide bonds. The highest BCUT2D eigenvalue weighted by Crippen LogP contribution is 2.14. The maximum Gasteiger partial charge on any atom is 0.136 e. The van der Waals surface area contributed by atoms with E-state index < -0.39 is 22.7 Å². The van der Waals surface area contributed by atoms with Crippen LogP contribution in [0.3, 0.4) is 0 Å². The van der Waals surface area contributed by atoms with E-state index in [1.807, 2.05) is 41.5 Å². The number of halogens is 2. The molecule has 2 atom stereocenters. The second kappa shape index (κ2) is 17.3. The third-order valence-electron chi connectivity index (χ3n) is 4.61. The van der Waals surface area contributed by atoms with Crippen molar-refractivity contribution in [2.45, 2.75) is 89.6 Å². The summed E-state index contributed by atoms with van der Waals surface area (Å²) in [5, 5.41) is 0. The SMILES string of the molecule is CC(C)(C)[S+]([O-])NCCCCc1cncc(Br)n1.CC(C)(C)[S+]([O-])NCCCCc1cncc(Br)n1. The molecule has 36 heavy (non-hydrogen) atoms. The summed E-state index contributed by atoms with van der Waals surface area (Å²) < 4.78 is 30.7. The lowest BCUT2D eigenvalue weighted by Crippen LogP contribution is -2.39. The maximum absolute atomic E-state index is 11.7. The Morgan fingerprint density at radius 1 is 0.667 bits per heavy atom. The van der Waals surface area contributed by atoms with Crippen molar-refractivity contribution in [3.8, 4) is 0 Å². The van der Waals surface area contributed by atoms with E-state index in [2.05, 4.69) is 61.2 Å². The van der Waals surface area contributed by atoms with Crippen LogP contribution in [0.5, 0.6) is 0 Å². The first kappa shape index (κ1) is 33.7. The first-order valence-corrected chi connectivity index (χ1v) is 15.9. The lowest BCUT2D eigenvalue weighted by Gasteiger charge is -2.23. The van der Waals surface area contributed by atoms with Crippen molar-refractivity contribution in [2.75, 3.05) is 13.1 Å². The van der Waals surface area contributed by atoms with Gasteiger partial charge in [-0.1, -0.05) is 0 Å². The van der Waals surface area contributed by atoms with Crippen LogP contribution in [0.15, 0.2) is 34.0 Å². The van der Waals surface area contributed by atoms with Crippen molar-refractivity contribution in [1.82, 2.24) is 29.4 Å². The van der Waals surface area contributed by atoms with Crippen LogP contribution in [0.1, 0.15) is 78.6 Å². The lowest BCUT2D eigenvalue weighted by molar-refractivity contribution is 0.540. The predicted octanol–water partition coefficient (Wildman–Crippen LogP) is 5.23. The van der Waals surface area contributed by atoms with E-state index in [4.69, 9.17) is 0 Å². The number of hydrogen-bond donors (Lipinski definition) is 2. The Labute approximate surface area is 240 Å². The van der Waals surface area contributed by atoms with Gasteiger partial charge in [-0.05, 0) is 112 Å². The molecular formula is C24H40Br2N6O2S2. The van der Waals surface area contributed by atoms with E-state index in [9.17, 15) is 9.11 Å². The quantitative estimate of drug-likeness (QED) is 0.233. The second-order valence-electron chi connectivity index (χ2n) is 10.1. The van der Waals surface area contributed by atoms with Gasteiger partial charge in [-0.15, -0.1) is 9.44 Å². The van der Waals surface area contributed by atoms with Crippen LogP contribution in [0, 0.1) is 0 Å². The van der Waals surface area contributed by atoms with Crippen molar-refractivity contribution in [1.29, 1.82) is 0 Å². The van der Waals surface area contributed by atoms with Crippen LogP contribution in [0.25, 0.3) is 0 Å². The van der Waals surface area contributed by atoms with E-state index in [0.717, 1.165) is 72.2 Å². The molecule has 2 rings (SSSR count). The van der Waals surface area contributed by atoms with Gasteiger partial charge in [0.15, 0.2) is 0 Å². The molecule has 2 aromatic heterocycles. The molecular weight excluding hydrogens is 628 g/mol. The first-order chi connectivity index (χ1) is 16.8. The van der Waals surface area contributed by atoms with Crippen molar-refractivity contribution >= 4 is 54.6 Å². The molecule has 2 heterocycles. The summed E-state index contributed by atoms with van der Waals surface area (Å²) >= 11 is 4.65. The fourth-order valence-corrected chi connectivity index (χ4v) is 4.84. The number of aromatic nitrogens is 4. The van der Waals surface area contributed by atoms with Gasteiger partial charge >= 0.3 is 0 Å². The van der Waals surface area contributed by atoms with Gasteiger partial charge in [-0.3, -0.25) is 9.97 Å². The molecule has 0 aromatic carbocycles. The highest BCUT2D eigenvalue weighted by molar-refractivity contribution is 9.10. The van der Waals surface area contributed by atoms with Crippen molar-refractivity contribution in [3.05, 3.63) is 45.4 Å². The fourth-order valence-electron chi connectivity index (χ4n) is 2.63.